The van der Waals surface area contributed by atoms with Crippen LogP contribution >= 0.6 is 23.2 Å². The molecule has 5 nitrogen and oxygen atoms in total. The van der Waals surface area contributed by atoms with Crippen molar-refractivity contribution in [1.82, 2.24) is 9.62 Å². The number of hydrogen-bond acceptors (Lipinski definition) is 3. The first-order chi connectivity index (χ1) is 16.0. The van der Waals surface area contributed by atoms with Gasteiger partial charge in [0, 0.05) is 16.6 Å². The Bertz CT molecular complexity index is 1250. The van der Waals surface area contributed by atoms with E-state index >= 15 is 0 Å². The third kappa shape index (κ3) is 6.39. The summed E-state index contributed by atoms with van der Waals surface area (Å²) in [5, 5.41) is 4.05. The molecule has 0 fully saturated rings. The van der Waals surface area contributed by atoms with Crippen LogP contribution in [0.2, 0.25) is 10.0 Å². The standard InChI is InChI=1S/C26H28Cl2N2O3S/c1-17-13-18(2)26(19(3)14-17)34(32,33)30(15-21-5-9-23(27)10-6-21)16-25(31)29-20(4)22-7-11-24(28)12-8-22/h5-14,20H,15-16H2,1-4H3,(H,29,31). The Morgan fingerprint density at radius 3 is 1.94 bits per heavy atom. The minimum Gasteiger partial charge on any atom is -0.348 e. The zero-order chi connectivity index (χ0) is 25.0. The maximum atomic E-state index is 13.8. The summed E-state index contributed by atoms with van der Waals surface area (Å²) in [6, 6.07) is 17.4. The first-order valence-corrected chi connectivity index (χ1v) is 13.0. The number of aryl methyl sites for hydroxylation is 3. The Labute approximate surface area is 211 Å². The third-order valence-corrected chi connectivity index (χ3v) is 8.14. The summed E-state index contributed by atoms with van der Waals surface area (Å²) in [5.41, 5.74) is 3.87. The van der Waals surface area contributed by atoms with Gasteiger partial charge in [0.15, 0.2) is 0 Å². The van der Waals surface area contributed by atoms with Crippen LogP contribution in [-0.2, 0) is 21.4 Å². The Hall–Kier alpha value is -2.38. The molecule has 0 saturated heterocycles. The van der Waals surface area contributed by atoms with Crippen LogP contribution in [0.5, 0.6) is 0 Å². The molecule has 1 amide bonds. The number of halogens is 2. The molecule has 0 aliphatic heterocycles. The van der Waals surface area contributed by atoms with Crippen LogP contribution in [0, 0.1) is 20.8 Å². The van der Waals surface area contributed by atoms with Gasteiger partial charge in [0.1, 0.15) is 0 Å². The lowest BCUT2D eigenvalue weighted by Crippen LogP contribution is -2.41. The predicted molar refractivity (Wildman–Crippen MR) is 138 cm³/mol. The monoisotopic (exact) mass is 518 g/mol. The zero-order valence-corrected chi connectivity index (χ0v) is 21.9. The number of nitrogens with one attached hydrogen (secondary N) is 1. The minimum atomic E-state index is -3.97. The number of benzene rings is 3. The van der Waals surface area contributed by atoms with E-state index in [2.05, 4.69) is 5.32 Å². The summed E-state index contributed by atoms with van der Waals surface area (Å²) in [6.45, 7) is 7.03. The van der Waals surface area contributed by atoms with Gasteiger partial charge in [-0.05, 0) is 74.2 Å². The Kier molecular flexibility index (Phi) is 8.42. The van der Waals surface area contributed by atoms with Crippen molar-refractivity contribution in [1.29, 1.82) is 0 Å². The van der Waals surface area contributed by atoms with E-state index in [-0.39, 0.29) is 24.0 Å². The molecule has 3 aromatic carbocycles. The maximum Gasteiger partial charge on any atom is 0.244 e. The number of amides is 1. The largest absolute Gasteiger partial charge is 0.348 e. The van der Waals surface area contributed by atoms with Crippen LogP contribution in [-0.4, -0.2) is 25.2 Å². The van der Waals surface area contributed by atoms with Crippen LogP contribution in [0.3, 0.4) is 0 Å². The van der Waals surface area contributed by atoms with Crippen LogP contribution in [0.1, 0.15) is 40.8 Å². The summed E-state index contributed by atoms with van der Waals surface area (Å²) >= 11 is 11.9. The smallest absolute Gasteiger partial charge is 0.244 e. The van der Waals surface area contributed by atoms with Gasteiger partial charge in [-0.2, -0.15) is 4.31 Å². The average Bonchev–Trinajstić information content (AvgIpc) is 2.74. The lowest BCUT2D eigenvalue weighted by Gasteiger charge is -2.25. The molecule has 1 N–H and O–H groups in total. The highest BCUT2D eigenvalue weighted by Gasteiger charge is 2.30. The van der Waals surface area contributed by atoms with E-state index in [0.717, 1.165) is 16.7 Å². The summed E-state index contributed by atoms with van der Waals surface area (Å²) in [6.07, 6.45) is 0. The topological polar surface area (TPSA) is 66.5 Å². The van der Waals surface area contributed by atoms with E-state index in [4.69, 9.17) is 23.2 Å². The second-order valence-corrected chi connectivity index (χ2v) is 11.2. The first kappa shape index (κ1) is 26.2. The van der Waals surface area contributed by atoms with Gasteiger partial charge < -0.3 is 5.32 Å². The molecule has 0 saturated carbocycles. The van der Waals surface area contributed by atoms with E-state index in [1.54, 1.807) is 50.2 Å². The normalized spacial score (nSPS) is 12.6. The van der Waals surface area contributed by atoms with Gasteiger partial charge in [-0.25, -0.2) is 8.42 Å². The molecule has 1 unspecified atom stereocenters. The molecular formula is C26H28Cl2N2O3S. The van der Waals surface area contributed by atoms with Crippen LogP contribution in [0.4, 0.5) is 0 Å². The van der Waals surface area contributed by atoms with E-state index in [9.17, 15) is 13.2 Å². The van der Waals surface area contributed by atoms with Crippen molar-refractivity contribution in [2.45, 2.75) is 45.2 Å². The molecule has 1 atom stereocenters. The van der Waals surface area contributed by atoms with Crippen LogP contribution < -0.4 is 5.32 Å². The number of carbonyl (C=O) groups is 1. The Balaban J connectivity index is 1.91. The van der Waals surface area contributed by atoms with Crippen molar-refractivity contribution in [3.8, 4) is 0 Å². The van der Waals surface area contributed by atoms with Crippen molar-refractivity contribution in [2.75, 3.05) is 6.54 Å². The molecule has 0 aliphatic rings. The zero-order valence-electron chi connectivity index (χ0n) is 19.6. The van der Waals surface area contributed by atoms with E-state index in [1.165, 1.54) is 4.31 Å². The van der Waals surface area contributed by atoms with Crippen LogP contribution in [0.25, 0.3) is 0 Å². The van der Waals surface area contributed by atoms with Gasteiger partial charge >= 0.3 is 0 Å². The van der Waals surface area contributed by atoms with E-state index < -0.39 is 15.9 Å². The molecular weight excluding hydrogens is 491 g/mol. The van der Waals surface area contributed by atoms with Crippen LogP contribution in [0.15, 0.2) is 65.6 Å². The molecule has 0 aliphatic carbocycles. The lowest BCUT2D eigenvalue weighted by molar-refractivity contribution is -0.122. The van der Waals surface area contributed by atoms with Gasteiger partial charge in [0.2, 0.25) is 15.9 Å². The van der Waals surface area contributed by atoms with Crippen molar-refractivity contribution in [2.24, 2.45) is 0 Å². The average molecular weight is 519 g/mol. The highest BCUT2D eigenvalue weighted by molar-refractivity contribution is 7.89. The number of carbonyl (C=O) groups excluding carboxylic acids is 1. The molecule has 34 heavy (non-hydrogen) atoms. The molecule has 3 rings (SSSR count). The number of rotatable bonds is 8. The molecule has 0 bridgehead atoms. The number of sulfonamides is 1. The minimum absolute atomic E-state index is 0.0367. The Morgan fingerprint density at radius 1 is 0.912 bits per heavy atom. The quantitative estimate of drug-likeness (QED) is 0.398. The summed E-state index contributed by atoms with van der Waals surface area (Å²) < 4.78 is 28.8. The summed E-state index contributed by atoms with van der Waals surface area (Å²) in [5.74, 6) is -0.401. The predicted octanol–water partition coefficient (Wildman–Crippen LogP) is 5.99. The molecule has 180 valence electrons. The van der Waals surface area contributed by atoms with Gasteiger partial charge in [-0.1, -0.05) is 65.2 Å². The highest BCUT2D eigenvalue weighted by Crippen LogP contribution is 2.27. The fourth-order valence-corrected chi connectivity index (χ4v) is 6.05. The Morgan fingerprint density at radius 2 is 1.41 bits per heavy atom. The van der Waals surface area contributed by atoms with Gasteiger partial charge in [0.05, 0.1) is 17.5 Å². The molecule has 3 aromatic rings. The lowest BCUT2D eigenvalue weighted by atomic mass is 10.1. The number of hydrogen-bond donors (Lipinski definition) is 1. The second-order valence-electron chi connectivity index (χ2n) is 8.47. The van der Waals surface area contributed by atoms with Crippen molar-refractivity contribution in [3.63, 3.8) is 0 Å². The van der Waals surface area contributed by atoms with Crippen molar-refractivity contribution < 1.29 is 13.2 Å². The third-order valence-electron chi connectivity index (χ3n) is 5.54. The fraction of sp³-hybridized carbons (Fsp3) is 0.269. The molecule has 0 spiro atoms. The van der Waals surface area contributed by atoms with E-state index in [1.807, 2.05) is 38.1 Å². The van der Waals surface area contributed by atoms with Gasteiger partial charge in [-0.3, -0.25) is 4.79 Å². The maximum absolute atomic E-state index is 13.8. The molecule has 0 aromatic heterocycles. The fourth-order valence-electron chi connectivity index (χ4n) is 4.00. The second kappa shape index (κ2) is 10.9. The van der Waals surface area contributed by atoms with Crippen molar-refractivity contribution >= 4 is 39.1 Å². The molecule has 0 heterocycles. The van der Waals surface area contributed by atoms with Gasteiger partial charge in [-0.15, -0.1) is 0 Å². The highest BCUT2D eigenvalue weighted by atomic mass is 35.5. The SMILES string of the molecule is Cc1cc(C)c(S(=O)(=O)N(CC(=O)NC(C)c2ccc(Cl)cc2)Cc2ccc(Cl)cc2)c(C)c1. The van der Waals surface area contributed by atoms with Gasteiger partial charge in [0.25, 0.3) is 0 Å². The van der Waals surface area contributed by atoms with Crippen molar-refractivity contribution in [3.05, 3.63) is 98.5 Å². The summed E-state index contributed by atoms with van der Waals surface area (Å²) in [7, 11) is -3.97. The van der Waals surface area contributed by atoms with E-state index in [0.29, 0.717) is 21.2 Å². The number of nitrogens with zero attached hydrogens (tertiary/aromatic N) is 1. The summed E-state index contributed by atoms with van der Waals surface area (Å²) in [4.78, 5) is 13.2. The first-order valence-electron chi connectivity index (χ1n) is 10.8. The molecule has 8 heteroatoms. The molecule has 0 radical (unpaired) electrons.